The lowest BCUT2D eigenvalue weighted by molar-refractivity contribution is -0.142. The number of thioether (sulfide) groups is 1. The van der Waals surface area contributed by atoms with Crippen molar-refractivity contribution in [2.45, 2.75) is 44.4 Å². The maximum atomic E-state index is 12.8. The molecule has 2 rings (SSSR count). The highest BCUT2D eigenvalue weighted by Crippen LogP contribution is 2.35. The Bertz CT molecular complexity index is 532. The lowest BCUT2D eigenvalue weighted by atomic mass is 9.87. The van der Waals surface area contributed by atoms with Crippen molar-refractivity contribution in [3.8, 4) is 0 Å². The van der Waals surface area contributed by atoms with E-state index in [1.54, 1.807) is 0 Å². The summed E-state index contributed by atoms with van der Waals surface area (Å²) in [5.41, 5.74) is 1.13. The molecule has 0 spiro atoms. The smallest absolute Gasteiger partial charge is 0.226 e. The number of amides is 1. The fraction of sp³-hybridized carbons (Fsp3) is 0.556. The van der Waals surface area contributed by atoms with Crippen LogP contribution in [0.25, 0.3) is 0 Å². The molecule has 23 heavy (non-hydrogen) atoms. The Labute approximate surface area is 147 Å². The molecular weight excluding hydrogens is 330 g/mol. The van der Waals surface area contributed by atoms with Crippen molar-refractivity contribution < 1.29 is 9.59 Å². The third-order valence-corrected chi connectivity index (χ3v) is 5.55. The number of hydrogen-bond donors (Lipinski definition) is 0. The van der Waals surface area contributed by atoms with Crippen LogP contribution in [-0.2, 0) is 9.59 Å². The molecule has 0 aliphatic carbocycles. The highest BCUT2D eigenvalue weighted by molar-refractivity contribution is 7.99. The Kier molecular flexibility index (Phi) is 6.97. The van der Waals surface area contributed by atoms with Crippen LogP contribution in [-0.4, -0.2) is 34.6 Å². The van der Waals surface area contributed by atoms with Crippen LogP contribution < -0.4 is 0 Å². The van der Waals surface area contributed by atoms with E-state index in [9.17, 15) is 9.59 Å². The number of carbonyl (C=O) groups is 2. The van der Waals surface area contributed by atoms with Crippen molar-refractivity contribution >= 4 is 35.6 Å². The Morgan fingerprint density at radius 3 is 2.61 bits per heavy atom. The van der Waals surface area contributed by atoms with Gasteiger partial charge in [-0.05, 0) is 35.8 Å². The fourth-order valence-electron chi connectivity index (χ4n) is 3.05. The molecule has 0 aromatic heterocycles. The van der Waals surface area contributed by atoms with Gasteiger partial charge < -0.3 is 9.69 Å². The van der Waals surface area contributed by atoms with Crippen molar-refractivity contribution in [3.63, 3.8) is 0 Å². The van der Waals surface area contributed by atoms with E-state index >= 15 is 0 Å². The number of benzene rings is 1. The molecule has 1 heterocycles. The fourth-order valence-corrected chi connectivity index (χ4v) is 3.95. The molecule has 0 bridgehead atoms. The molecule has 126 valence electrons. The lowest BCUT2D eigenvalue weighted by Crippen LogP contribution is -2.44. The summed E-state index contributed by atoms with van der Waals surface area (Å²) in [6.45, 7) is 5.05. The minimum atomic E-state index is -0.153. The van der Waals surface area contributed by atoms with Gasteiger partial charge in [0.2, 0.25) is 5.91 Å². The topological polar surface area (TPSA) is 37.4 Å². The number of carbonyl (C=O) groups excluding carboxylic acids is 2. The molecule has 2 atom stereocenters. The summed E-state index contributed by atoms with van der Waals surface area (Å²) in [5, 5.41) is 1.26. The number of halogens is 1. The number of piperidine rings is 1. The van der Waals surface area contributed by atoms with Gasteiger partial charge >= 0.3 is 0 Å². The number of aldehydes is 1. The largest absolute Gasteiger partial charge is 0.335 e. The number of nitrogens with zero attached hydrogens (tertiary/aromatic N) is 1. The number of rotatable bonds is 7. The molecule has 5 heteroatoms. The van der Waals surface area contributed by atoms with E-state index in [2.05, 4.69) is 13.8 Å². The monoisotopic (exact) mass is 353 g/mol. The van der Waals surface area contributed by atoms with E-state index in [1.165, 1.54) is 0 Å². The van der Waals surface area contributed by atoms with Gasteiger partial charge in [0.05, 0.1) is 6.04 Å². The molecule has 1 amide bonds. The summed E-state index contributed by atoms with van der Waals surface area (Å²) in [7, 11) is 0. The zero-order chi connectivity index (χ0) is 16.8. The third kappa shape index (κ3) is 4.98. The quantitative estimate of drug-likeness (QED) is 0.684. The molecule has 1 aromatic carbocycles. The predicted octanol–water partition coefficient (Wildman–Crippen LogP) is 4.35. The summed E-state index contributed by atoms with van der Waals surface area (Å²) in [5.74, 6) is 0.883. The lowest BCUT2D eigenvalue weighted by Gasteiger charge is -2.39. The molecule has 0 N–H and O–H groups in total. The van der Waals surface area contributed by atoms with Crippen LogP contribution >= 0.6 is 23.4 Å². The summed E-state index contributed by atoms with van der Waals surface area (Å²) in [6, 6.07) is 7.85. The summed E-state index contributed by atoms with van der Waals surface area (Å²) >= 11 is 7.83. The maximum absolute atomic E-state index is 12.8. The average molecular weight is 354 g/mol. The van der Waals surface area contributed by atoms with Crippen LogP contribution in [0.15, 0.2) is 24.3 Å². The second-order valence-electron chi connectivity index (χ2n) is 6.20. The highest BCUT2D eigenvalue weighted by atomic mass is 35.5. The highest BCUT2D eigenvalue weighted by Gasteiger charge is 2.35. The molecule has 1 aliphatic heterocycles. The van der Waals surface area contributed by atoms with Gasteiger partial charge in [-0.2, -0.15) is 11.8 Å². The van der Waals surface area contributed by atoms with Gasteiger partial charge in [-0.3, -0.25) is 4.79 Å². The number of hydrogen-bond acceptors (Lipinski definition) is 3. The Balaban J connectivity index is 2.15. The van der Waals surface area contributed by atoms with E-state index in [0.29, 0.717) is 16.7 Å². The first-order chi connectivity index (χ1) is 11.0. The van der Waals surface area contributed by atoms with Crippen molar-refractivity contribution in [1.29, 1.82) is 0 Å². The Morgan fingerprint density at radius 1 is 1.30 bits per heavy atom. The third-order valence-electron chi connectivity index (χ3n) is 4.22. The summed E-state index contributed by atoms with van der Waals surface area (Å²) in [6.07, 6.45) is 2.88. The van der Waals surface area contributed by atoms with Crippen LogP contribution in [0.2, 0.25) is 5.02 Å². The van der Waals surface area contributed by atoms with E-state index in [4.69, 9.17) is 11.6 Å². The molecule has 1 aliphatic rings. The van der Waals surface area contributed by atoms with E-state index in [0.717, 1.165) is 37.0 Å². The molecule has 2 unspecified atom stereocenters. The van der Waals surface area contributed by atoms with Crippen LogP contribution in [0.1, 0.15) is 44.7 Å². The van der Waals surface area contributed by atoms with E-state index in [1.807, 2.05) is 40.9 Å². The predicted molar refractivity (Wildman–Crippen MR) is 96.9 cm³/mol. The summed E-state index contributed by atoms with van der Waals surface area (Å²) in [4.78, 5) is 25.6. The molecule has 1 saturated heterocycles. The van der Waals surface area contributed by atoms with Gasteiger partial charge in [0.1, 0.15) is 6.29 Å². The second-order valence-corrected chi connectivity index (χ2v) is 8.32. The molecule has 3 nitrogen and oxygen atoms in total. The normalized spacial score (nSPS) is 21.7. The standard InChI is InChI=1S/C18H24ClNO2S/c1-13(2)23-12-10-20-17(14-3-6-16(19)7-4-14)8-5-15(9-11-21)18(20)22/h3-4,6-7,11,13,15,17H,5,8-10,12H2,1-2H3. The van der Waals surface area contributed by atoms with Crippen LogP contribution in [0, 0.1) is 5.92 Å². The molecule has 0 radical (unpaired) electrons. The molecule has 0 saturated carbocycles. The second kappa shape index (κ2) is 8.74. The average Bonchev–Trinajstić information content (AvgIpc) is 2.52. The molecule has 1 fully saturated rings. The van der Waals surface area contributed by atoms with E-state index in [-0.39, 0.29) is 17.9 Å². The molecular formula is C18H24ClNO2S. The first-order valence-electron chi connectivity index (χ1n) is 8.14. The van der Waals surface area contributed by atoms with Gasteiger partial charge in [0.15, 0.2) is 0 Å². The first kappa shape index (κ1) is 18.3. The van der Waals surface area contributed by atoms with Gasteiger partial charge in [0, 0.05) is 29.7 Å². The van der Waals surface area contributed by atoms with Crippen LogP contribution in [0.5, 0.6) is 0 Å². The minimum Gasteiger partial charge on any atom is -0.335 e. The summed E-state index contributed by atoms with van der Waals surface area (Å²) < 4.78 is 0. The zero-order valence-corrected chi connectivity index (χ0v) is 15.3. The first-order valence-corrected chi connectivity index (χ1v) is 9.56. The van der Waals surface area contributed by atoms with Crippen LogP contribution in [0.4, 0.5) is 0 Å². The van der Waals surface area contributed by atoms with Crippen molar-refractivity contribution in [3.05, 3.63) is 34.9 Å². The maximum Gasteiger partial charge on any atom is 0.226 e. The van der Waals surface area contributed by atoms with Crippen molar-refractivity contribution in [1.82, 2.24) is 4.90 Å². The van der Waals surface area contributed by atoms with Gasteiger partial charge in [-0.15, -0.1) is 0 Å². The Hall–Kier alpha value is -1.00. The van der Waals surface area contributed by atoms with E-state index < -0.39 is 0 Å². The Morgan fingerprint density at radius 2 is 2.00 bits per heavy atom. The SMILES string of the molecule is CC(C)SCCN1C(=O)C(CC=O)CCC1c1ccc(Cl)cc1. The minimum absolute atomic E-state index is 0.0930. The van der Waals surface area contributed by atoms with Gasteiger partial charge in [0.25, 0.3) is 0 Å². The van der Waals surface area contributed by atoms with Crippen LogP contribution in [0.3, 0.4) is 0 Å². The van der Waals surface area contributed by atoms with Crippen molar-refractivity contribution in [2.75, 3.05) is 12.3 Å². The van der Waals surface area contributed by atoms with Gasteiger partial charge in [-0.1, -0.05) is 37.6 Å². The number of likely N-dealkylation sites (tertiary alicyclic amines) is 1. The molecule has 1 aromatic rings. The van der Waals surface area contributed by atoms with Crippen molar-refractivity contribution in [2.24, 2.45) is 5.92 Å². The zero-order valence-electron chi connectivity index (χ0n) is 13.7. The van der Waals surface area contributed by atoms with Gasteiger partial charge in [-0.25, -0.2) is 0 Å².